The van der Waals surface area contributed by atoms with Gasteiger partial charge in [-0.05, 0) is 163 Å². The van der Waals surface area contributed by atoms with Gasteiger partial charge in [0.1, 0.15) is 28.1 Å². The van der Waals surface area contributed by atoms with Crippen LogP contribution >= 0.6 is 15.9 Å². The van der Waals surface area contributed by atoms with E-state index in [-0.39, 0.29) is 0 Å². The highest BCUT2D eigenvalue weighted by Gasteiger charge is 2.21. The van der Waals surface area contributed by atoms with Crippen LogP contribution in [-0.2, 0) is 0 Å². The first-order valence-corrected chi connectivity index (χ1v) is 35.1. The summed E-state index contributed by atoms with van der Waals surface area (Å²) in [6.45, 7) is 0. The molecule has 0 unspecified atom stereocenters. The van der Waals surface area contributed by atoms with Crippen LogP contribution in [0.15, 0.2) is 377 Å². The number of hydrogen-bond donors (Lipinski definition) is 1. The molecule has 0 fully saturated rings. The maximum Gasteiger partial charge on any atom is 0.569 e. The van der Waals surface area contributed by atoms with E-state index in [2.05, 4.69) is 301 Å². The van der Waals surface area contributed by atoms with Crippen molar-refractivity contribution in [2.24, 2.45) is 0 Å². The van der Waals surface area contributed by atoms with Gasteiger partial charge in [0.15, 0.2) is 0 Å². The van der Waals surface area contributed by atoms with Crippen molar-refractivity contribution >= 4 is 132 Å². The first-order valence-electron chi connectivity index (χ1n) is 34.3. The quantitative estimate of drug-likeness (QED) is 0.116. The van der Waals surface area contributed by atoms with Gasteiger partial charge in [-0.1, -0.05) is 337 Å². The van der Waals surface area contributed by atoms with Crippen molar-refractivity contribution < 1.29 is 18.5 Å². The zero-order chi connectivity index (χ0) is 68.0. The van der Waals surface area contributed by atoms with Gasteiger partial charge in [-0.2, -0.15) is 0 Å². The Labute approximate surface area is 598 Å². The Morgan fingerprint density at radius 1 is 0.235 bits per heavy atom. The summed E-state index contributed by atoms with van der Waals surface area (Å²) >= 11 is 3.53. The Morgan fingerprint density at radius 2 is 0.510 bits per heavy atom. The predicted molar refractivity (Wildman–Crippen MR) is 433 cm³/mol. The van der Waals surface area contributed by atoms with Crippen molar-refractivity contribution in [1.29, 1.82) is 0 Å². The van der Waals surface area contributed by atoms with Crippen LogP contribution < -0.4 is 4.65 Å². The van der Waals surface area contributed by atoms with Gasteiger partial charge in [0.05, 0.1) is 0 Å². The molecule has 0 spiro atoms. The minimum absolute atomic E-state index is 0.664. The molecule has 6 heteroatoms. The van der Waals surface area contributed by atoms with Crippen LogP contribution in [0.1, 0.15) is 0 Å². The number of para-hydroxylation sites is 4. The molecule has 479 valence electrons. The van der Waals surface area contributed by atoms with Gasteiger partial charge in [-0.25, -0.2) is 0 Å². The summed E-state index contributed by atoms with van der Waals surface area (Å²) < 4.78 is 19.2. The largest absolute Gasteiger partial charge is 0.569 e. The van der Waals surface area contributed by atoms with Crippen molar-refractivity contribution in [2.75, 3.05) is 0 Å². The van der Waals surface area contributed by atoms with Crippen molar-refractivity contribution in [1.82, 2.24) is 0 Å². The molecular formula is C96H61BBrO4. The Hall–Kier alpha value is -12.6. The van der Waals surface area contributed by atoms with Crippen LogP contribution in [0.25, 0.3) is 186 Å². The molecule has 0 saturated carbocycles. The van der Waals surface area contributed by atoms with Gasteiger partial charge in [-0.15, -0.1) is 0 Å². The second-order valence-electron chi connectivity index (χ2n) is 25.7. The van der Waals surface area contributed by atoms with E-state index in [1.165, 1.54) is 93.0 Å². The molecule has 4 nitrogen and oxygen atoms in total. The van der Waals surface area contributed by atoms with E-state index in [1.807, 2.05) is 78.9 Å². The first kappa shape index (κ1) is 61.7. The topological polar surface area (TPSA) is 55.7 Å². The molecule has 0 aliphatic carbocycles. The Balaban J connectivity index is 0.000000121. The molecule has 0 atom stereocenters. The average molecular weight is 1370 g/mol. The van der Waals surface area contributed by atoms with Crippen LogP contribution in [0, 0.1) is 0 Å². The van der Waals surface area contributed by atoms with Crippen LogP contribution in [0.5, 0.6) is 5.75 Å². The molecule has 1 radical (unpaired) electrons. The van der Waals surface area contributed by atoms with Gasteiger partial charge in [0, 0.05) is 47.9 Å². The predicted octanol–water partition coefficient (Wildman–Crippen LogP) is 27.1. The molecule has 0 amide bonds. The zero-order valence-corrected chi connectivity index (χ0v) is 56.9. The van der Waals surface area contributed by atoms with Crippen molar-refractivity contribution in [3.63, 3.8) is 0 Å². The summed E-state index contributed by atoms with van der Waals surface area (Å²) in [5.41, 5.74) is 20.4. The number of benzene rings is 18. The molecule has 0 bridgehead atoms. The lowest BCUT2D eigenvalue weighted by Crippen LogP contribution is -2.02. The van der Waals surface area contributed by atoms with E-state index in [0.29, 0.717) is 5.75 Å². The maximum absolute atomic E-state index is 9.43. The van der Waals surface area contributed by atoms with Gasteiger partial charge in [-0.3, -0.25) is 0 Å². The SMILES string of the molecule is Brc1cccc(-c2cccc3c2oc2ccccc23)c1.O[B]Oc1c2ccccc2c(-c2cccc(-c3cccc4ccccc34)c2)c2ccccc12.c1cc(-c2cccc3ccccc23)cc(-c2c3ccccc3c(-c3cccc(-c4cccc5c4oc4ccccc45)c3)c3ccccc23)c1. The van der Waals surface area contributed by atoms with Gasteiger partial charge in [0.2, 0.25) is 0 Å². The lowest BCUT2D eigenvalue weighted by Gasteiger charge is -2.19. The minimum atomic E-state index is 0.664. The maximum atomic E-state index is 9.43. The lowest BCUT2D eigenvalue weighted by molar-refractivity contribution is 0.459. The van der Waals surface area contributed by atoms with Crippen LogP contribution in [0.3, 0.4) is 0 Å². The summed E-state index contributed by atoms with van der Waals surface area (Å²) in [5, 5.41) is 28.1. The van der Waals surface area contributed by atoms with Gasteiger partial charge < -0.3 is 18.5 Å². The minimum Gasteiger partial charge on any atom is -0.537 e. The zero-order valence-electron chi connectivity index (χ0n) is 55.3. The third-order valence-electron chi connectivity index (χ3n) is 19.9. The van der Waals surface area contributed by atoms with E-state index in [9.17, 15) is 5.02 Å². The fourth-order valence-corrected chi connectivity index (χ4v) is 15.8. The number of furan rings is 2. The normalized spacial score (nSPS) is 11.4. The molecule has 20 aromatic rings. The third kappa shape index (κ3) is 11.1. The van der Waals surface area contributed by atoms with E-state index < -0.39 is 0 Å². The van der Waals surface area contributed by atoms with Crippen LogP contribution in [0.4, 0.5) is 0 Å². The fourth-order valence-electron chi connectivity index (χ4n) is 15.4. The third-order valence-corrected chi connectivity index (χ3v) is 20.4. The van der Waals surface area contributed by atoms with Gasteiger partial charge >= 0.3 is 7.69 Å². The molecular weight excluding hydrogens is 1310 g/mol. The van der Waals surface area contributed by atoms with E-state index in [0.717, 1.165) is 106 Å². The second-order valence-corrected chi connectivity index (χ2v) is 26.6. The first-order chi connectivity index (χ1) is 50.5. The smallest absolute Gasteiger partial charge is 0.537 e. The highest BCUT2D eigenvalue weighted by Crippen LogP contribution is 2.48. The number of hydrogen-bond acceptors (Lipinski definition) is 4. The summed E-state index contributed by atoms with van der Waals surface area (Å²) in [4.78, 5) is 0. The van der Waals surface area contributed by atoms with Crippen molar-refractivity contribution in [2.45, 2.75) is 0 Å². The summed E-state index contributed by atoms with van der Waals surface area (Å²) in [7, 11) is 0.759. The van der Waals surface area contributed by atoms with Gasteiger partial charge in [0.25, 0.3) is 0 Å². The highest BCUT2D eigenvalue weighted by atomic mass is 79.9. The Bertz CT molecular complexity index is 6520. The average Bonchev–Trinajstić information content (AvgIpc) is 1.47. The highest BCUT2D eigenvalue weighted by molar-refractivity contribution is 9.10. The molecule has 18 aromatic carbocycles. The number of fused-ring (bicyclic) bond motifs is 12. The number of halogens is 1. The molecule has 102 heavy (non-hydrogen) atoms. The van der Waals surface area contributed by atoms with E-state index in [4.69, 9.17) is 13.5 Å². The molecule has 0 aliphatic rings. The molecule has 1 N–H and O–H groups in total. The molecule has 2 heterocycles. The second kappa shape index (κ2) is 26.6. The lowest BCUT2D eigenvalue weighted by atomic mass is 9.84. The molecule has 20 rings (SSSR count). The Kier molecular flexibility index (Phi) is 16.1. The summed E-state index contributed by atoms with van der Waals surface area (Å²) in [6.07, 6.45) is 0. The molecule has 0 aliphatic heterocycles. The molecule has 2 aromatic heterocycles. The summed E-state index contributed by atoms with van der Waals surface area (Å²) in [5.74, 6) is 0.664. The standard InChI is InChI=1S/C48H30O.C30H20BO2.C18H11BrO/c1-2-19-36-31(13-1)14-11-25-37(36)32-15-9-17-34(29-32)46-40-21-3-5-23-42(40)47(43-24-6-4-22-41(43)46)35-18-10-16-33(30-35)38-26-12-27-44-39-20-7-8-28-45(39)49-48(38)44;32-31-33-30-27-16-5-3-14-25(27)29(26-15-4-6-17-28(26)30)22-12-7-11-21(19-22)24-18-8-10-20-9-1-2-13-23(20)24;19-13-6-3-5-12(11-13)14-8-4-9-16-15-7-1-2-10-17(15)20-18(14)16/h1-30H;1-19,32H;1-11H. The van der Waals surface area contributed by atoms with Crippen molar-refractivity contribution in [3.05, 3.63) is 368 Å². The summed E-state index contributed by atoms with van der Waals surface area (Å²) in [6, 6.07) is 129. The Morgan fingerprint density at radius 3 is 0.912 bits per heavy atom. The number of rotatable bonds is 9. The van der Waals surface area contributed by atoms with E-state index >= 15 is 0 Å². The fraction of sp³-hybridized carbons (Fsp3) is 0. The monoisotopic (exact) mass is 1370 g/mol. The van der Waals surface area contributed by atoms with Crippen molar-refractivity contribution in [3.8, 4) is 83.6 Å². The van der Waals surface area contributed by atoms with Crippen LogP contribution in [0.2, 0.25) is 0 Å². The van der Waals surface area contributed by atoms with E-state index in [1.54, 1.807) is 0 Å². The molecule has 0 saturated heterocycles. The van der Waals surface area contributed by atoms with Crippen LogP contribution in [-0.4, -0.2) is 12.7 Å².